The van der Waals surface area contributed by atoms with Crippen LogP contribution in [0.15, 0.2) is 24.3 Å². The third kappa shape index (κ3) is 5.08. The second kappa shape index (κ2) is 8.66. The van der Waals surface area contributed by atoms with E-state index in [1.165, 1.54) is 14.2 Å². The Hall–Kier alpha value is -2.57. The Morgan fingerprint density at radius 2 is 1.77 bits per heavy atom. The zero-order chi connectivity index (χ0) is 16.5. The fraction of sp³-hybridized carbons (Fsp3) is 0.400. The summed E-state index contributed by atoms with van der Waals surface area (Å²) in [6.45, 7) is 1.79. The van der Waals surface area contributed by atoms with Gasteiger partial charge in [0.1, 0.15) is 11.8 Å². The largest absolute Gasteiger partial charge is 0.497 e. The normalized spacial score (nSPS) is 11.2. The van der Waals surface area contributed by atoms with E-state index in [2.05, 4.69) is 10.1 Å². The molecule has 1 amide bonds. The molecule has 120 valence electrons. The van der Waals surface area contributed by atoms with Crippen LogP contribution in [0.2, 0.25) is 0 Å². The molecule has 0 saturated heterocycles. The maximum Gasteiger partial charge on any atom is 0.329 e. The van der Waals surface area contributed by atoms with Gasteiger partial charge in [-0.05, 0) is 31.2 Å². The van der Waals surface area contributed by atoms with Crippen LogP contribution in [0.5, 0.6) is 5.75 Å². The first-order valence-corrected chi connectivity index (χ1v) is 6.70. The Balaban J connectivity index is 2.79. The molecule has 0 aliphatic rings. The van der Waals surface area contributed by atoms with Gasteiger partial charge in [-0.25, -0.2) is 4.79 Å². The van der Waals surface area contributed by atoms with Gasteiger partial charge in [0.2, 0.25) is 0 Å². The van der Waals surface area contributed by atoms with Gasteiger partial charge in [0.05, 0.1) is 27.2 Å². The van der Waals surface area contributed by atoms with E-state index < -0.39 is 23.9 Å². The number of carbonyl (C=O) groups is 3. The molecule has 0 aliphatic carbocycles. The molecule has 1 aromatic carbocycles. The van der Waals surface area contributed by atoms with Crippen molar-refractivity contribution in [2.24, 2.45) is 0 Å². The number of amides is 1. The zero-order valence-electron chi connectivity index (χ0n) is 12.8. The van der Waals surface area contributed by atoms with Crippen LogP contribution in [0.3, 0.4) is 0 Å². The van der Waals surface area contributed by atoms with Crippen LogP contribution in [-0.4, -0.2) is 44.7 Å². The van der Waals surface area contributed by atoms with Crippen LogP contribution >= 0.6 is 0 Å². The van der Waals surface area contributed by atoms with Gasteiger partial charge in [-0.1, -0.05) is 0 Å². The molecule has 0 spiro atoms. The van der Waals surface area contributed by atoms with Gasteiger partial charge in [0.25, 0.3) is 5.91 Å². The second-order valence-electron chi connectivity index (χ2n) is 4.29. The lowest BCUT2D eigenvalue weighted by atomic mass is 10.1. The van der Waals surface area contributed by atoms with Gasteiger partial charge < -0.3 is 19.5 Å². The van der Waals surface area contributed by atoms with Gasteiger partial charge in [-0.15, -0.1) is 0 Å². The molecule has 0 radical (unpaired) electrons. The van der Waals surface area contributed by atoms with E-state index in [-0.39, 0.29) is 13.0 Å². The molecule has 0 aromatic heterocycles. The van der Waals surface area contributed by atoms with Crippen molar-refractivity contribution in [1.82, 2.24) is 5.32 Å². The second-order valence-corrected chi connectivity index (χ2v) is 4.29. The topological polar surface area (TPSA) is 90.9 Å². The number of hydrogen-bond donors (Lipinski definition) is 1. The number of nitrogens with one attached hydrogen (secondary N) is 1. The summed E-state index contributed by atoms with van der Waals surface area (Å²) in [5.74, 6) is -1.19. The van der Waals surface area contributed by atoms with Crippen LogP contribution < -0.4 is 10.1 Å². The van der Waals surface area contributed by atoms with Crippen molar-refractivity contribution in [2.45, 2.75) is 19.4 Å². The van der Waals surface area contributed by atoms with Crippen molar-refractivity contribution in [2.75, 3.05) is 20.8 Å². The Bertz CT molecular complexity index is 525. The smallest absolute Gasteiger partial charge is 0.329 e. The highest BCUT2D eigenvalue weighted by molar-refractivity contribution is 5.97. The summed E-state index contributed by atoms with van der Waals surface area (Å²) in [4.78, 5) is 35.3. The molecule has 0 saturated carbocycles. The highest BCUT2D eigenvalue weighted by atomic mass is 16.5. The molecule has 1 unspecified atom stereocenters. The van der Waals surface area contributed by atoms with Crippen molar-refractivity contribution >= 4 is 17.8 Å². The fourth-order valence-corrected chi connectivity index (χ4v) is 1.67. The molecule has 0 aliphatic heterocycles. The Morgan fingerprint density at radius 1 is 1.14 bits per heavy atom. The molecule has 0 heterocycles. The predicted molar refractivity (Wildman–Crippen MR) is 77.5 cm³/mol. The Morgan fingerprint density at radius 3 is 2.27 bits per heavy atom. The van der Waals surface area contributed by atoms with Crippen molar-refractivity contribution in [3.05, 3.63) is 29.8 Å². The Kier molecular flexibility index (Phi) is 6.88. The number of rotatable bonds is 7. The van der Waals surface area contributed by atoms with Gasteiger partial charge >= 0.3 is 11.9 Å². The third-order valence-corrected chi connectivity index (χ3v) is 2.83. The summed E-state index contributed by atoms with van der Waals surface area (Å²) in [5, 5.41) is 2.47. The maximum atomic E-state index is 12.1. The van der Waals surface area contributed by atoms with E-state index in [0.717, 1.165) is 0 Å². The SMILES string of the molecule is CCOC(=O)C(CC(=O)OC)NC(=O)c1ccc(OC)cc1. The lowest BCUT2D eigenvalue weighted by Gasteiger charge is -2.16. The monoisotopic (exact) mass is 309 g/mol. The van der Waals surface area contributed by atoms with Crippen molar-refractivity contribution < 1.29 is 28.6 Å². The minimum Gasteiger partial charge on any atom is -0.497 e. The van der Waals surface area contributed by atoms with Crippen molar-refractivity contribution in [3.63, 3.8) is 0 Å². The van der Waals surface area contributed by atoms with Crippen LogP contribution in [0, 0.1) is 0 Å². The number of esters is 2. The van der Waals surface area contributed by atoms with Crippen LogP contribution in [0.4, 0.5) is 0 Å². The first-order valence-electron chi connectivity index (χ1n) is 6.70. The molecule has 7 nitrogen and oxygen atoms in total. The average molecular weight is 309 g/mol. The summed E-state index contributed by atoms with van der Waals surface area (Å²) >= 11 is 0. The predicted octanol–water partition coefficient (Wildman–Crippen LogP) is 0.920. The van der Waals surface area contributed by atoms with E-state index in [1.807, 2.05) is 0 Å². The van der Waals surface area contributed by atoms with E-state index >= 15 is 0 Å². The number of hydrogen-bond acceptors (Lipinski definition) is 6. The minimum atomic E-state index is -1.10. The maximum absolute atomic E-state index is 12.1. The summed E-state index contributed by atoms with van der Waals surface area (Å²) in [7, 11) is 2.72. The lowest BCUT2D eigenvalue weighted by Crippen LogP contribution is -2.43. The minimum absolute atomic E-state index is 0.148. The lowest BCUT2D eigenvalue weighted by molar-refractivity contribution is -0.150. The standard InChI is InChI=1S/C15H19NO6/c1-4-22-15(19)12(9-13(17)21-3)16-14(18)10-5-7-11(20-2)8-6-10/h5-8,12H,4,9H2,1-3H3,(H,16,18). The van der Waals surface area contributed by atoms with E-state index in [9.17, 15) is 14.4 Å². The Labute approximate surface area is 128 Å². The molecule has 1 N–H and O–H groups in total. The molecule has 0 fully saturated rings. The van der Waals surface area contributed by atoms with Crippen molar-refractivity contribution in [1.29, 1.82) is 0 Å². The van der Waals surface area contributed by atoms with Crippen LogP contribution in [-0.2, 0) is 19.1 Å². The molecular formula is C15H19NO6. The molecule has 1 atom stereocenters. The third-order valence-electron chi connectivity index (χ3n) is 2.83. The van der Waals surface area contributed by atoms with E-state index in [4.69, 9.17) is 9.47 Å². The summed E-state index contributed by atoms with van der Waals surface area (Å²) < 4.78 is 14.4. The van der Waals surface area contributed by atoms with Crippen molar-refractivity contribution in [3.8, 4) is 5.75 Å². The fourth-order valence-electron chi connectivity index (χ4n) is 1.67. The van der Waals surface area contributed by atoms with Gasteiger partial charge in [0, 0.05) is 5.56 Å². The average Bonchev–Trinajstić information content (AvgIpc) is 2.54. The molecular weight excluding hydrogens is 290 g/mol. The van der Waals surface area contributed by atoms with Gasteiger partial charge in [0.15, 0.2) is 0 Å². The molecule has 0 bridgehead atoms. The highest BCUT2D eigenvalue weighted by Crippen LogP contribution is 2.11. The molecule has 22 heavy (non-hydrogen) atoms. The summed E-state index contributed by atoms with van der Waals surface area (Å²) in [6.07, 6.45) is -0.294. The van der Waals surface area contributed by atoms with E-state index in [0.29, 0.717) is 11.3 Å². The number of methoxy groups -OCH3 is 2. The number of benzene rings is 1. The summed E-state index contributed by atoms with van der Waals surface area (Å²) in [6, 6.07) is 5.24. The molecule has 1 rings (SSSR count). The first kappa shape index (κ1) is 17.5. The molecule has 7 heteroatoms. The quantitative estimate of drug-likeness (QED) is 0.753. The highest BCUT2D eigenvalue weighted by Gasteiger charge is 2.26. The van der Waals surface area contributed by atoms with Crippen LogP contribution in [0.1, 0.15) is 23.7 Å². The zero-order valence-corrected chi connectivity index (χ0v) is 12.8. The van der Waals surface area contributed by atoms with Gasteiger partial charge in [-0.2, -0.15) is 0 Å². The van der Waals surface area contributed by atoms with Gasteiger partial charge in [-0.3, -0.25) is 9.59 Å². The van der Waals surface area contributed by atoms with Crippen LogP contribution in [0.25, 0.3) is 0 Å². The number of ether oxygens (including phenoxy) is 3. The van der Waals surface area contributed by atoms with E-state index in [1.54, 1.807) is 31.2 Å². The first-order chi connectivity index (χ1) is 10.5. The summed E-state index contributed by atoms with van der Waals surface area (Å²) in [5.41, 5.74) is 0.333. The molecule has 1 aromatic rings. The number of carbonyl (C=O) groups excluding carboxylic acids is 3.